The summed E-state index contributed by atoms with van der Waals surface area (Å²) in [5.41, 5.74) is 5.41. The SMILES string of the molecule is CC/C=C\C/C=C\C/C=C\C/C=C\C/C=C\C/C=C\CCCCCCCCCCCCCCCCCCC(=O)OC(COC(=O)CCCCCCCCCCCCCCCCCCC/C=C\C/C=C\CCCCCCC)COP(=O)(O)OCCN. The van der Waals surface area contributed by atoms with Crippen LogP contribution in [0.4, 0.5) is 0 Å². The number of ether oxygens (including phenoxy) is 2. The van der Waals surface area contributed by atoms with E-state index in [1.54, 1.807) is 0 Å². The Kier molecular flexibility index (Phi) is 67.5. The zero-order chi connectivity index (χ0) is 61.6. The van der Waals surface area contributed by atoms with E-state index in [1.807, 2.05) is 0 Å². The van der Waals surface area contributed by atoms with Gasteiger partial charge in [0.1, 0.15) is 6.61 Å². The molecule has 0 spiro atoms. The Labute approximate surface area is 525 Å². The van der Waals surface area contributed by atoms with Gasteiger partial charge in [0.05, 0.1) is 13.2 Å². The lowest BCUT2D eigenvalue weighted by molar-refractivity contribution is -0.161. The molecule has 0 saturated carbocycles. The fraction of sp³-hybridized carbons (Fsp3) is 0.760. The minimum atomic E-state index is -4.40. The summed E-state index contributed by atoms with van der Waals surface area (Å²) in [7, 11) is -4.40. The Morgan fingerprint density at radius 1 is 0.365 bits per heavy atom. The van der Waals surface area contributed by atoms with Gasteiger partial charge in [-0.15, -0.1) is 0 Å². The number of esters is 2. The Morgan fingerprint density at radius 3 is 0.965 bits per heavy atom. The van der Waals surface area contributed by atoms with Crippen LogP contribution in [-0.4, -0.2) is 49.3 Å². The number of hydrogen-bond donors (Lipinski definition) is 2. The maximum absolute atomic E-state index is 12.8. The molecule has 0 heterocycles. The van der Waals surface area contributed by atoms with Crippen molar-refractivity contribution in [1.82, 2.24) is 0 Å². The van der Waals surface area contributed by atoms with Crippen molar-refractivity contribution in [3.63, 3.8) is 0 Å². The molecule has 3 N–H and O–H groups in total. The summed E-state index contributed by atoms with van der Waals surface area (Å²) in [6.07, 6.45) is 95.0. The highest BCUT2D eigenvalue weighted by molar-refractivity contribution is 7.47. The van der Waals surface area contributed by atoms with Crippen LogP contribution in [0.1, 0.15) is 335 Å². The van der Waals surface area contributed by atoms with E-state index < -0.39 is 26.5 Å². The molecule has 0 aliphatic heterocycles. The lowest BCUT2D eigenvalue weighted by Crippen LogP contribution is -2.29. The molecule has 9 nitrogen and oxygen atoms in total. The Bertz CT molecular complexity index is 1720. The van der Waals surface area contributed by atoms with Crippen molar-refractivity contribution in [1.29, 1.82) is 0 Å². The van der Waals surface area contributed by atoms with Crippen molar-refractivity contribution in [3.05, 3.63) is 97.2 Å². The van der Waals surface area contributed by atoms with Gasteiger partial charge in [-0.25, -0.2) is 4.57 Å². The van der Waals surface area contributed by atoms with Crippen LogP contribution in [-0.2, 0) is 32.7 Å². The molecule has 0 aromatic rings. The molecule has 0 aliphatic rings. The highest BCUT2D eigenvalue weighted by atomic mass is 31.2. The predicted molar refractivity (Wildman–Crippen MR) is 367 cm³/mol. The first-order valence-corrected chi connectivity index (χ1v) is 37.2. The van der Waals surface area contributed by atoms with E-state index in [1.165, 1.54) is 218 Å². The van der Waals surface area contributed by atoms with Crippen LogP contribution in [0.15, 0.2) is 97.2 Å². The predicted octanol–water partition coefficient (Wildman–Crippen LogP) is 23.5. The zero-order valence-corrected chi connectivity index (χ0v) is 56.2. The van der Waals surface area contributed by atoms with Crippen LogP contribution < -0.4 is 5.73 Å². The van der Waals surface area contributed by atoms with Gasteiger partial charge in [-0.2, -0.15) is 0 Å². The van der Waals surface area contributed by atoms with Crippen LogP contribution in [0.5, 0.6) is 0 Å². The number of hydrogen-bond acceptors (Lipinski definition) is 8. The molecule has 0 bridgehead atoms. The molecule has 0 radical (unpaired) electrons. The van der Waals surface area contributed by atoms with E-state index in [0.29, 0.717) is 6.42 Å². The molecule has 2 unspecified atom stereocenters. The Balaban J connectivity index is 3.86. The Hall–Kier alpha value is -3.07. The standard InChI is InChI=1S/C75H134NO8P/c1-3-5-7-9-11-13-15-17-19-21-23-25-27-29-31-33-34-35-36-37-38-40-42-44-46-48-50-52-54-56-58-60-62-64-66-68-75(78)84-73(72-83-85(79,80)82-70-69-76)71-81-74(77)67-65-63-61-59-57-55-53-51-49-47-45-43-41-39-32-30-28-26-24-22-20-18-16-14-12-10-8-6-4-2/h5,7,11,13,16-19,22-25,29,31,34-35,73H,3-4,6,8-10,12,14-15,20-21,26-28,30,32-33,36-72,76H2,1-2H3,(H,79,80)/b7-5-,13-11-,18-16-,19-17-,24-22-,25-23-,31-29-,35-34-. The van der Waals surface area contributed by atoms with Crippen LogP contribution in [0.25, 0.3) is 0 Å². The minimum Gasteiger partial charge on any atom is -0.462 e. The highest BCUT2D eigenvalue weighted by Crippen LogP contribution is 2.43. The van der Waals surface area contributed by atoms with Gasteiger partial charge in [-0.1, -0.05) is 323 Å². The maximum atomic E-state index is 12.8. The van der Waals surface area contributed by atoms with E-state index in [9.17, 15) is 19.0 Å². The third kappa shape index (κ3) is 69.9. The molecule has 10 heteroatoms. The van der Waals surface area contributed by atoms with Crippen LogP contribution >= 0.6 is 7.82 Å². The normalized spacial score (nSPS) is 13.5. The third-order valence-electron chi connectivity index (χ3n) is 15.5. The molecular weight excluding hydrogens is 1070 g/mol. The van der Waals surface area contributed by atoms with Gasteiger partial charge in [0, 0.05) is 19.4 Å². The molecule has 0 aromatic heterocycles. The lowest BCUT2D eigenvalue weighted by atomic mass is 10.0. The number of carbonyl (C=O) groups excluding carboxylic acids is 2. The summed E-state index contributed by atoms with van der Waals surface area (Å²) in [5, 5.41) is 0. The van der Waals surface area contributed by atoms with Crippen LogP contribution in [0.2, 0.25) is 0 Å². The first-order valence-electron chi connectivity index (χ1n) is 35.7. The van der Waals surface area contributed by atoms with Crippen LogP contribution in [0, 0.1) is 0 Å². The monoisotopic (exact) mass is 1210 g/mol. The second-order valence-corrected chi connectivity index (χ2v) is 25.2. The molecule has 0 fully saturated rings. The second-order valence-electron chi connectivity index (χ2n) is 23.7. The third-order valence-corrected chi connectivity index (χ3v) is 16.4. The fourth-order valence-electron chi connectivity index (χ4n) is 10.2. The average molecular weight is 1210 g/mol. The summed E-state index contributed by atoms with van der Waals surface area (Å²) < 4.78 is 33.2. The summed E-state index contributed by atoms with van der Waals surface area (Å²) in [6, 6.07) is 0. The van der Waals surface area contributed by atoms with Gasteiger partial charge in [0.25, 0.3) is 0 Å². The lowest BCUT2D eigenvalue weighted by Gasteiger charge is -2.19. The summed E-state index contributed by atoms with van der Waals surface area (Å²) in [6.45, 7) is 3.66. The molecule has 0 aliphatic carbocycles. The van der Waals surface area contributed by atoms with Gasteiger partial charge in [0.2, 0.25) is 0 Å². The average Bonchev–Trinajstić information content (AvgIpc) is 3.52. The minimum absolute atomic E-state index is 0.0520. The molecule has 85 heavy (non-hydrogen) atoms. The van der Waals surface area contributed by atoms with Gasteiger partial charge in [-0.3, -0.25) is 18.6 Å². The number of allylic oxidation sites excluding steroid dienone is 16. The van der Waals surface area contributed by atoms with E-state index in [4.69, 9.17) is 24.3 Å². The van der Waals surface area contributed by atoms with E-state index in [0.717, 1.165) is 83.5 Å². The largest absolute Gasteiger partial charge is 0.472 e. The van der Waals surface area contributed by atoms with Crippen molar-refractivity contribution >= 4 is 19.8 Å². The van der Waals surface area contributed by atoms with Gasteiger partial charge < -0.3 is 20.1 Å². The quantitative estimate of drug-likeness (QED) is 0.0264. The molecule has 2 atom stereocenters. The topological polar surface area (TPSA) is 134 Å². The molecule has 0 amide bonds. The maximum Gasteiger partial charge on any atom is 0.472 e. The first-order chi connectivity index (χ1) is 41.8. The van der Waals surface area contributed by atoms with E-state index in [2.05, 4.69) is 111 Å². The molecule has 0 rings (SSSR count). The summed E-state index contributed by atoms with van der Waals surface area (Å²) in [4.78, 5) is 35.4. The molecule has 492 valence electrons. The number of phosphoric acid groups is 1. The second kappa shape index (κ2) is 70.0. The number of rotatable bonds is 67. The molecular formula is C75H134NO8P. The number of carbonyl (C=O) groups is 2. The highest BCUT2D eigenvalue weighted by Gasteiger charge is 2.26. The van der Waals surface area contributed by atoms with Crippen molar-refractivity contribution in [2.24, 2.45) is 5.73 Å². The van der Waals surface area contributed by atoms with Crippen molar-refractivity contribution in [2.75, 3.05) is 26.4 Å². The van der Waals surface area contributed by atoms with Gasteiger partial charge in [0.15, 0.2) is 6.10 Å². The number of unbranched alkanes of at least 4 members (excludes halogenated alkanes) is 38. The summed E-state index contributed by atoms with van der Waals surface area (Å²) in [5.74, 6) is -0.816. The van der Waals surface area contributed by atoms with Crippen molar-refractivity contribution in [2.45, 2.75) is 341 Å². The number of nitrogens with two attached hydrogens (primary N) is 1. The van der Waals surface area contributed by atoms with Gasteiger partial charge in [-0.05, 0) is 96.3 Å². The van der Waals surface area contributed by atoms with Crippen molar-refractivity contribution in [3.8, 4) is 0 Å². The van der Waals surface area contributed by atoms with Gasteiger partial charge >= 0.3 is 19.8 Å². The zero-order valence-electron chi connectivity index (χ0n) is 55.3. The van der Waals surface area contributed by atoms with Crippen molar-refractivity contribution < 1.29 is 37.6 Å². The van der Waals surface area contributed by atoms with Crippen LogP contribution in [0.3, 0.4) is 0 Å². The smallest absolute Gasteiger partial charge is 0.462 e. The molecule has 0 saturated heterocycles. The number of phosphoric ester groups is 1. The summed E-state index contributed by atoms with van der Waals surface area (Å²) >= 11 is 0. The van der Waals surface area contributed by atoms with E-state index in [-0.39, 0.29) is 38.6 Å². The fourth-order valence-corrected chi connectivity index (χ4v) is 11.0. The first kappa shape index (κ1) is 81.9. The Morgan fingerprint density at radius 2 is 0.647 bits per heavy atom. The molecule has 0 aromatic carbocycles. The van der Waals surface area contributed by atoms with E-state index >= 15 is 0 Å².